The van der Waals surface area contributed by atoms with Gasteiger partial charge in [0, 0.05) is 0 Å². The fourth-order valence-electron chi connectivity index (χ4n) is 0.582. The lowest BCUT2D eigenvalue weighted by molar-refractivity contribution is 0.0663. The normalized spacial score (nSPS) is 15.4. The van der Waals surface area contributed by atoms with Crippen molar-refractivity contribution in [1.29, 1.82) is 0 Å². The number of hydrogen-bond donors (Lipinski definition) is 0. The SMILES string of the molecule is CC(C)(C)C(N=O)C(F)F. The van der Waals surface area contributed by atoms with E-state index in [0.717, 1.165) is 0 Å². The van der Waals surface area contributed by atoms with E-state index >= 15 is 0 Å². The van der Waals surface area contributed by atoms with Gasteiger partial charge in [0.15, 0.2) is 6.04 Å². The Balaban J connectivity index is 4.21. The minimum absolute atomic E-state index is 0.740. The van der Waals surface area contributed by atoms with Gasteiger partial charge in [0.25, 0.3) is 6.43 Å². The van der Waals surface area contributed by atoms with E-state index in [9.17, 15) is 13.7 Å². The standard InChI is InChI=1S/C6H11F2NO/c1-6(2,3)4(9-10)5(7)8/h4-5H,1-3H3. The summed E-state index contributed by atoms with van der Waals surface area (Å²) in [5, 5.41) is 2.36. The van der Waals surface area contributed by atoms with Gasteiger partial charge in [-0.15, -0.1) is 0 Å². The third-order valence-corrected chi connectivity index (χ3v) is 1.24. The molecule has 0 amide bonds. The third kappa shape index (κ3) is 2.37. The van der Waals surface area contributed by atoms with Gasteiger partial charge in [-0.3, -0.25) is 0 Å². The molecule has 0 N–H and O–H groups in total. The summed E-state index contributed by atoms with van der Waals surface area (Å²) in [5.74, 6) is 0. The first-order valence-corrected chi connectivity index (χ1v) is 3.00. The highest BCUT2D eigenvalue weighted by Crippen LogP contribution is 2.26. The number of halogens is 2. The minimum atomic E-state index is -2.66. The molecule has 4 heteroatoms. The number of nitrogens with zero attached hydrogens (tertiary/aromatic N) is 1. The molecular formula is C6H11F2NO. The van der Waals surface area contributed by atoms with Crippen LogP contribution in [0, 0.1) is 10.3 Å². The largest absolute Gasteiger partial charge is 0.264 e. The number of alkyl halides is 2. The number of rotatable bonds is 2. The second-order valence-corrected chi connectivity index (χ2v) is 3.25. The van der Waals surface area contributed by atoms with Crippen LogP contribution in [0.4, 0.5) is 8.78 Å². The minimum Gasteiger partial charge on any atom is -0.208 e. The first-order chi connectivity index (χ1) is 4.39. The summed E-state index contributed by atoms with van der Waals surface area (Å²) < 4.78 is 23.8. The van der Waals surface area contributed by atoms with Gasteiger partial charge in [-0.2, -0.15) is 4.91 Å². The van der Waals surface area contributed by atoms with Crippen LogP contribution in [0.5, 0.6) is 0 Å². The molecule has 0 saturated carbocycles. The molecule has 0 rings (SSSR count). The Morgan fingerprint density at radius 3 is 1.70 bits per heavy atom. The highest BCUT2D eigenvalue weighted by molar-refractivity contribution is 4.81. The van der Waals surface area contributed by atoms with Crippen LogP contribution < -0.4 is 0 Å². The molecule has 2 nitrogen and oxygen atoms in total. The molecule has 0 spiro atoms. The molecule has 0 aromatic rings. The van der Waals surface area contributed by atoms with Crippen LogP contribution in [0.1, 0.15) is 20.8 Å². The van der Waals surface area contributed by atoms with E-state index in [0.29, 0.717) is 0 Å². The van der Waals surface area contributed by atoms with Gasteiger partial charge in [-0.05, 0) is 5.41 Å². The maximum absolute atomic E-state index is 11.9. The van der Waals surface area contributed by atoms with E-state index in [1.807, 2.05) is 0 Å². The van der Waals surface area contributed by atoms with Crippen LogP contribution in [0.3, 0.4) is 0 Å². The molecule has 10 heavy (non-hydrogen) atoms. The van der Waals surface area contributed by atoms with Gasteiger partial charge < -0.3 is 0 Å². The Morgan fingerprint density at radius 1 is 1.30 bits per heavy atom. The van der Waals surface area contributed by atoms with Crippen LogP contribution in [-0.2, 0) is 0 Å². The lowest BCUT2D eigenvalue weighted by Crippen LogP contribution is -2.30. The van der Waals surface area contributed by atoms with Crippen molar-refractivity contribution in [2.45, 2.75) is 33.2 Å². The van der Waals surface area contributed by atoms with E-state index in [4.69, 9.17) is 0 Å². The van der Waals surface area contributed by atoms with Crippen molar-refractivity contribution in [2.24, 2.45) is 10.6 Å². The second-order valence-electron chi connectivity index (χ2n) is 3.25. The molecule has 0 aromatic heterocycles. The fraction of sp³-hybridized carbons (Fsp3) is 1.00. The van der Waals surface area contributed by atoms with Crippen molar-refractivity contribution in [3.8, 4) is 0 Å². The van der Waals surface area contributed by atoms with Gasteiger partial charge in [0.1, 0.15) is 0 Å². The highest BCUT2D eigenvalue weighted by Gasteiger charge is 2.33. The summed E-state index contributed by atoms with van der Waals surface area (Å²) in [6.07, 6.45) is -2.66. The van der Waals surface area contributed by atoms with E-state index in [1.165, 1.54) is 0 Å². The maximum Gasteiger partial charge on any atom is 0.264 e. The topological polar surface area (TPSA) is 29.4 Å². The van der Waals surface area contributed by atoms with Crippen molar-refractivity contribution in [2.75, 3.05) is 0 Å². The van der Waals surface area contributed by atoms with Crippen molar-refractivity contribution in [1.82, 2.24) is 0 Å². The zero-order valence-corrected chi connectivity index (χ0v) is 6.27. The molecular weight excluding hydrogens is 140 g/mol. The van der Waals surface area contributed by atoms with E-state index in [-0.39, 0.29) is 0 Å². The van der Waals surface area contributed by atoms with Gasteiger partial charge in [0.2, 0.25) is 0 Å². The van der Waals surface area contributed by atoms with Crippen LogP contribution in [-0.4, -0.2) is 12.5 Å². The van der Waals surface area contributed by atoms with Crippen molar-refractivity contribution in [3.63, 3.8) is 0 Å². The number of nitroso groups, excluding NO2 is 1. The molecule has 0 aliphatic rings. The summed E-state index contributed by atoms with van der Waals surface area (Å²) in [6, 6.07) is -1.40. The van der Waals surface area contributed by atoms with Gasteiger partial charge in [0.05, 0.1) is 0 Å². The molecule has 0 aliphatic heterocycles. The summed E-state index contributed by atoms with van der Waals surface area (Å²) in [4.78, 5) is 9.86. The Kier molecular flexibility index (Phi) is 2.87. The predicted molar refractivity (Wildman–Crippen MR) is 35.0 cm³/mol. The lowest BCUT2D eigenvalue weighted by atomic mass is 9.88. The summed E-state index contributed by atoms with van der Waals surface area (Å²) in [5.41, 5.74) is -0.740. The molecule has 0 aliphatic carbocycles. The molecule has 0 aromatic carbocycles. The smallest absolute Gasteiger partial charge is 0.208 e. The lowest BCUT2D eigenvalue weighted by Gasteiger charge is -2.22. The van der Waals surface area contributed by atoms with Crippen LogP contribution in [0.25, 0.3) is 0 Å². The molecule has 0 bridgehead atoms. The van der Waals surface area contributed by atoms with Crippen LogP contribution in [0.15, 0.2) is 5.18 Å². The number of hydrogen-bond acceptors (Lipinski definition) is 2. The summed E-state index contributed by atoms with van der Waals surface area (Å²) >= 11 is 0. The van der Waals surface area contributed by atoms with Crippen molar-refractivity contribution >= 4 is 0 Å². The first kappa shape index (κ1) is 9.46. The van der Waals surface area contributed by atoms with E-state index < -0.39 is 17.9 Å². The zero-order valence-electron chi connectivity index (χ0n) is 6.27. The molecule has 0 saturated heterocycles. The monoisotopic (exact) mass is 151 g/mol. The maximum atomic E-state index is 11.9. The summed E-state index contributed by atoms with van der Waals surface area (Å²) in [7, 11) is 0. The van der Waals surface area contributed by atoms with Gasteiger partial charge in [-0.25, -0.2) is 8.78 Å². The second kappa shape index (κ2) is 3.03. The van der Waals surface area contributed by atoms with E-state index in [2.05, 4.69) is 5.18 Å². The molecule has 1 unspecified atom stereocenters. The third-order valence-electron chi connectivity index (χ3n) is 1.24. The molecule has 0 fully saturated rings. The van der Waals surface area contributed by atoms with Gasteiger partial charge >= 0.3 is 0 Å². The summed E-state index contributed by atoms with van der Waals surface area (Å²) in [6.45, 7) is 4.68. The molecule has 0 heterocycles. The molecule has 0 radical (unpaired) electrons. The molecule has 60 valence electrons. The Labute approximate surface area is 58.6 Å². The Morgan fingerprint density at radius 2 is 1.70 bits per heavy atom. The average molecular weight is 151 g/mol. The zero-order chi connectivity index (χ0) is 8.36. The first-order valence-electron chi connectivity index (χ1n) is 3.00. The average Bonchev–Trinajstić information content (AvgIpc) is 1.60. The van der Waals surface area contributed by atoms with Crippen molar-refractivity contribution in [3.05, 3.63) is 4.91 Å². The van der Waals surface area contributed by atoms with Gasteiger partial charge in [-0.1, -0.05) is 25.9 Å². The quantitative estimate of drug-likeness (QED) is 0.557. The van der Waals surface area contributed by atoms with Crippen molar-refractivity contribution < 1.29 is 8.78 Å². The van der Waals surface area contributed by atoms with Crippen LogP contribution in [0.2, 0.25) is 0 Å². The Hall–Kier alpha value is -0.540. The fourth-order valence-corrected chi connectivity index (χ4v) is 0.582. The molecule has 1 atom stereocenters. The predicted octanol–water partition coefficient (Wildman–Crippen LogP) is 2.43. The Bertz CT molecular complexity index is 119. The van der Waals surface area contributed by atoms with Crippen LogP contribution >= 0.6 is 0 Å². The van der Waals surface area contributed by atoms with E-state index in [1.54, 1.807) is 20.8 Å². The highest BCUT2D eigenvalue weighted by atomic mass is 19.3.